The molecule has 0 aliphatic rings. The minimum absolute atomic E-state index is 0.269. The first-order chi connectivity index (χ1) is 9.99. The average molecular weight is 288 g/mol. The summed E-state index contributed by atoms with van der Waals surface area (Å²) in [7, 11) is 3.39. The van der Waals surface area contributed by atoms with Crippen molar-refractivity contribution in [3.8, 4) is 0 Å². The summed E-state index contributed by atoms with van der Waals surface area (Å²) < 4.78 is 14.5. The molecule has 21 heavy (non-hydrogen) atoms. The van der Waals surface area contributed by atoms with Crippen molar-refractivity contribution in [2.45, 2.75) is 0 Å². The van der Waals surface area contributed by atoms with Crippen LogP contribution >= 0.6 is 0 Å². The van der Waals surface area contributed by atoms with Crippen LogP contribution in [0, 0.1) is 5.82 Å². The van der Waals surface area contributed by atoms with Crippen LogP contribution in [0.3, 0.4) is 0 Å². The van der Waals surface area contributed by atoms with E-state index in [4.69, 9.17) is 0 Å². The van der Waals surface area contributed by atoms with Crippen molar-refractivity contribution < 1.29 is 9.18 Å². The Morgan fingerprint density at radius 2 is 2.00 bits per heavy atom. The molecule has 7 heteroatoms. The number of aliphatic imine (C=N–C) groups is 1. The van der Waals surface area contributed by atoms with Gasteiger partial charge < -0.3 is 4.90 Å². The monoisotopic (exact) mass is 288 g/mol. The van der Waals surface area contributed by atoms with Crippen molar-refractivity contribution in [1.29, 1.82) is 0 Å². The molecule has 0 amide bonds. The van der Waals surface area contributed by atoms with E-state index in [0.717, 1.165) is 6.20 Å². The Kier molecular flexibility index (Phi) is 4.22. The van der Waals surface area contributed by atoms with Crippen LogP contribution in [0.4, 0.5) is 10.2 Å². The van der Waals surface area contributed by atoms with E-state index in [1.54, 1.807) is 37.2 Å². The van der Waals surface area contributed by atoms with E-state index in [9.17, 15) is 14.0 Å². The molecule has 0 saturated carbocycles. The van der Waals surface area contributed by atoms with Crippen LogP contribution in [-0.4, -0.2) is 40.8 Å². The second-order valence-electron chi connectivity index (χ2n) is 4.44. The fraction of sp³-hybridized carbons (Fsp3) is 0.143. The van der Waals surface area contributed by atoms with E-state index in [-0.39, 0.29) is 11.4 Å². The van der Waals surface area contributed by atoms with Crippen molar-refractivity contribution in [1.82, 2.24) is 14.5 Å². The van der Waals surface area contributed by atoms with Crippen molar-refractivity contribution in [3.63, 3.8) is 0 Å². The molecule has 1 aromatic heterocycles. The lowest BCUT2D eigenvalue weighted by Crippen LogP contribution is -2.29. The zero-order chi connectivity index (χ0) is 15.4. The van der Waals surface area contributed by atoms with Gasteiger partial charge in [-0.1, -0.05) is 18.2 Å². The first-order valence-corrected chi connectivity index (χ1v) is 6.08. The molecule has 0 radical (unpaired) electrons. The van der Waals surface area contributed by atoms with E-state index < -0.39 is 17.4 Å². The van der Waals surface area contributed by atoms with Crippen LogP contribution in [0.1, 0.15) is 10.4 Å². The summed E-state index contributed by atoms with van der Waals surface area (Å²) in [5, 5.41) is 0. The van der Waals surface area contributed by atoms with Gasteiger partial charge in [-0.05, 0) is 12.1 Å². The molecule has 0 aliphatic heterocycles. The SMILES string of the molecule is CN(C)/C=N/c1nc(=O)n(C(=O)c2ccccc2)cc1F. The highest BCUT2D eigenvalue weighted by Crippen LogP contribution is 2.11. The quantitative estimate of drug-likeness (QED) is 0.630. The average Bonchev–Trinajstić information content (AvgIpc) is 2.47. The van der Waals surface area contributed by atoms with Gasteiger partial charge in [0.2, 0.25) is 0 Å². The predicted octanol–water partition coefficient (Wildman–Crippen LogP) is 1.29. The molecule has 6 nitrogen and oxygen atoms in total. The summed E-state index contributed by atoms with van der Waals surface area (Å²) in [4.78, 5) is 32.7. The number of benzene rings is 1. The van der Waals surface area contributed by atoms with Crippen LogP contribution in [-0.2, 0) is 0 Å². The van der Waals surface area contributed by atoms with Gasteiger partial charge in [0.05, 0.1) is 12.5 Å². The minimum atomic E-state index is -0.879. The Labute approximate surface area is 120 Å². The van der Waals surface area contributed by atoms with Crippen molar-refractivity contribution in [2.24, 2.45) is 4.99 Å². The van der Waals surface area contributed by atoms with Crippen LogP contribution in [0.15, 0.2) is 46.3 Å². The third kappa shape index (κ3) is 3.38. The molecule has 0 atom stereocenters. The maximum Gasteiger partial charge on any atom is 0.356 e. The summed E-state index contributed by atoms with van der Waals surface area (Å²) >= 11 is 0. The number of aromatic nitrogens is 2. The smallest absolute Gasteiger partial charge is 0.356 e. The molecule has 2 aromatic rings. The van der Waals surface area contributed by atoms with E-state index in [1.807, 2.05) is 0 Å². The van der Waals surface area contributed by atoms with E-state index in [2.05, 4.69) is 9.98 Å². The predicted molar refractivity (Wildman–Crippen MR) is 76.5 cm³/mol. The first kappa shape index (κ1) is 14.6. The van der Waals surface area contributed by atoms with Crippen LogP contribution in [0.5, 0.6) is 0 Å². The summed E-state index contributed by atoms with van der Waals surface area (Å²) in [5.74, 6) is -1.85. The van der Waals surface area contributed by atoms with Gasteiger partial charge >= 0.3 is 5.69 Å². The fourth-order valence-electron chi connectivity index (χ4n) is 1.55. The molecule has 1 aromatic carbocycles. The lowest BCUT2D eigenvalue weighted by molar-refractivity contribution is 0.0953. The van der Waals surface area contributed by atoms with Crippen molar-refractivity contribution >= 4 is 18.1 Å². The highest BCUT2D eigenvalue weighted by atomic mass is 19.1. The van der Waals surface area contributed by atoms with Gasteiger partial charge in [0.25, 0.3) is 5.91 Å². The van der Waals surface area contributed by atoms with Crippen molar-refractivity contribution in [2.75, 3.05) is 14.1 Å². The van der Waals surface area contributed by atoms with Crippen LogP contribution < -0.4 is 5.69 Å². The molecule has 0 spiro atoms. The van der Waals surface area contributed by atoms with Gasteiger partial charge in [-0.25, -0.2) is 18.7 Å². The highest BCUT2D eigenvalue weighted by molar-refractivity contribution is 5.95. The Hall–Kier alpha value is -2.83. The summed E-state index contributed by atoms with van der Waals surface area (Å²) in [5.41, 5.74) is -0.610. The van der Waals surface area contributed by atoms with E-state index in [0.29, 0.717) is 4.57 Å². The Morgan fingerprint density at radius 1 is 1.33 bits per heavy atom. The third-order valence-electron chi connectivity index (χ3n) is 2.51. The molecule has 0 fully saturated rings. The number of hydrogen-bond acceptors (Lipinski definition) is 4. The molecule has 0 aliphatic carbocycles. The number of halogens is 1. The number of rotatable bonds is 3. The largest absolute Gasteiger partial charge is 0.369 e. The van der Waals surface area contributed by atoms with Gasteiger partial charge in [0.15, 0.2) is 11.6 Å². The number of carbonyl (C=O) groups is 1. The Balaban J connectivity index is 2.42. The molecule has 108 valence electrons. The maximum absolute atomic E-state index is 13.8. The van der Waals surface area contributed by atoms with Gasteiger partial charge in [-0.15, -0.1) is 0 Å². The van der Waals surface area contributed by atoms with E-state index >= 15 is 0 Å². The lowest BCUT2D eigenvalue weighted by Gasteiger charge is -2.05. The van der Waals surface area contributed by atoms with Crippen molar-refractivity contribution in [3.05, 3.63) is 58.4 Å². The summed E-state index contributed by atoms with van der Waals surface area (Å²) in [6.07, 6.45) is 2.11. The normalized spacial score (nSPS) is 10.8. The van der Waals surface area contributed by atoms with Crippen LogP contribution in [0.25, 0.3) is 0 Å². The molecule has 0 unspecified atom stereocenters. The Morgan fingerprint density at radius 3 is 2.62 bits per heavy atom. The van der Waals surface area contributed by atoms with E-state index in [1.165, 1.54) is 18.5 Å². The zero-order valence-electron chi connectivity index (χ0n) is 11.5. The molecule has 0 bridgehead atoms. The van der Waals surface area contributed by atoms with Gasteiger partial charge in [0.1, 0.15) is 0 Å². The van der Waals surface area contributed by atoms with Gasteiger partial charge in [-0.3, -0.25) is 4.79 Å². The zero-order valence-corrected chi connectivity index (χ0v) is 11.5. The number of carbonyl (C=O) groups excluding carboxylic acids is 1. The fourth-order valence-corrected chi connectivity index (χ4v) is 1.55. The molecule has 1 heterocycles. The standard InChI is InChI=1S/C14H13FN4O2/c1-18(2)9-16-12-11(15)8-19(14(21)17-12)13(20)10-6-4-3-5-7-10/h3-9H,1-2H3/b16-9+. The Bertz CT molecular complexity index is 738. The summed E-state index contributed by atoms with van der Waals surface area (Å²) in [6, 6.07) is 8.10. The topological polar surface area (TPSA) is 67.6 Å². The lowest BCUT2D eigenvalue weighted by atomic mass is 10.2. The van der Waals surface area contributed by atoms with Crippen LogP contribution in [0.2, 0.25) is 0 Å². The van der Waals surface area contributed by atoms with Gasteiger partial charge in [-0.2, -0.15) is 4.98 Å². The first-order valence-electron chi connectivity index (χ1n) is 6.08. The molecular formula is C14H13FN4O2. The maximum atomic E-state index is 13.8. The summed E-state index contributed by atoms with van der Waals surface area (Å²) in [6.45, 7) is 0. The second-order valence-corrected chi connectivity index (χ2v) is 4.44. The molecule has 0 N–H and O–H groups in total. The number of hydrogen-bond donors (Lipinski definition) is 0. The second kappa shape index (κ2) is 6.08. The highest BCUT2D eigenvalue weighted by Gasteiger charge is 2.14. The molecule has 2 rings (SSSR count). The minimum Gasteiger partial charge on any atom is -0.369 e. The molecule has 0 saturated heterocycles. The molecular weight excluding hydrogens is 275 g/mol. The number of nitrogens with zero attached hydrogens (tertiary/aromatic N) is 4. The van der Waals surface area contributed by atoms with Gasteiger partial charge in [0, 0.05) is 19.7 Å². The third-order valence-corrected chi connectivity index (χ3v) is 2.51.